The molecule has 0 radical (unpaired) electrons. The first-order valence-corrected chi connectivity index (χ1v) is 9.83. The molecule has 0 saturated heterocycles. The average Bonchev–Trinajstić information content (AvgIpc) is 3.05. The van der Waals surface area contributed by atoms with E-state index in [2.05, 4.69) is 10.4 Å². The van der Waals surface area contributed by atoms with Crippen LogP contribution in [0.5, 0.6) is 0 Å². The van der Waals surface area contributed by atoms with Crippen molar-refractivity contribution in [2.45, 2.75) is 27.2 Å². The number of nitrogens with zero attached hydrogens (tertiary/aromatic N) is 2. The zero-order valence-electron chi connectivity index (χ0n) is 17.4. The fraction of sp³-hybridized carbons (Fsp3) is 0.208. The number of anilines is 1. The number of aromatic nitrogens is 2. The molecule has 0 saturated carbocycles. The zero-order chi connectivity index (χ0) is 21.5. The van der Waals surface area contributed by atoms with Crippen LogP contribution < -0.4 is 5.32 Å². The zero-order valence-corrected chi connectivity index (χ0v) is 17.4. The van der Waals surface area contributed by atoms with E-state index in [4.69, 9.17) is 4.74 Å². The van der Waals surface area contributed by atoms with E-state index in [0.717, 1.165) is 40.3 Å². The van der Waals surface area contributed by atoms with Crippen LogP contribution in [-0.2, 0) is 20.7 Å². The summed E-state index contributed by atoms with van der Waals surface area (Å²) in [5.74, 6) is -0.956. The summed E-state index contributed by atoms with van der Waals surface area (Å²) in [7, 11) is 0. The maximum atomic E-state index is 12.1. The van der Waals surface area contributed by atoms with Gasteiger partial charge in [-0.3, -0.25) is 4.79 Å². The maximum Gasteiger partial charge on any atom is 0.331 e. The first-order valence-electron chi connectivity index (χ1n) is 9.83. The van der Waals surface area contributed by atoms with Gasteiger partial charge < -0.3 is 10.1 Å². The maximum absolute atomic E-state index is 12.1. The highest BCUT2D eigenvalue weighted by atomic mass is 16.5. The van der Waals surface area contributed by atoms with Gasteiger partial charge in [-0.25, -0.2) is 9.48 Å². The van der Waals surface area contributed by atoms with Crippen LogP contribution in [0.25, 0.3) is 11.8 Å². The second-order valence-corrected chi connectivity index (χ2v) is 6.83. The molecule has 0 fully saturated rings. The van der Waals surface area contributed by atoms with E-state index in [1.165, 1.54) is 6.08 Å². The number of nitrogens with one attached hydrogen (secondary N) is 1. The van der Waals surface area contributed by atoms with Gasteiger partial charge in [0.25, 0.3) is 5.91 Å². The Morgan fingerprint density at radius 1 is 1.07 bits per heavy atom. The number of benzene rings is 2. The van der Waals surface area contributed by atoms with Gasteiger partial charge in [0.1, 0.15) is 0 Å². The Morgan fingerprint density at radius 2 is 1.77 bits per heavy atom. The van der Waals surface area contributed by atoms with E-state index in [1.807, 2.05) is 80.1 Å². The molecule has 1 N–H and O–H groups in total. The Morgan fingerprint density at radius 3 is 2.50 bits per heavy atom. The number of carbonyl (C=O) groups excluding carboxylic acids is 2. The molecule has 0 unspecified atom stereocenters. The fourth-order valence-corrected chi connectivity index (χ4v) is 3.19. The van der Waals surface area contributed by atoms with Crippen molar-refractivity contribution in [1.29, 1.82) is 0 Å². The fourth-order valence-electron chi connectivity index (χ4n) is 3.19. The van der Waals surface area contributed by atoms with Crippen LogP contribution in [0.3, 0.4) is 0 Å². The number of amides is 1. The van der Waals surface area contributed by atoms with E-state index < -0.39 is 5.97 Å². The number of esters is 1. The van der Waals surface area contributed by atoms with Crippen molar-refractivity contribution in [3.05, 3.63) is 83.2 Å². The molecule has 30 heavy (non-hydrogen) atoms. The summed E-state index contributed by atoms with van der Waals surface area (Å²) >= 11 is 0. The minimum atomic E-state index is -0.583. The average molecular weight is 403 g/mol. The van der Waals surface area contributed by atoms with Gasteiger partial charge in [-0.1, -0.05) is 43.3 Å². The highest BCUT2D eigenvalue weighted by molar-refractivity contribution is 5.95. The number of carbonyl (C=O) groups is 2. The van der Waals surface area contributed by atoms with E-state index in [1.54, 1.807) is 6.08 Å². The number of aryl methyl sites for hydroxylation is 2. The smallest absolute Gasteiger partial charge is 0.331 e. The van der Waals surface area contributed by atoms with Gasteiger partial charge in [0.15, 0.2) is 6.61 Å². The molecule has 3 aromatic rings. The molecule has 1 aromatic heterocycles. The first-order chi connectivity index (χ1) is 14.5. The van der Waals surface area contributed by atoms with Gasteiger partial charge >= 0.3 is 5.97 Å². The highest BCUT2D eigenvalue weighted by Crippen LogP contribution is 2.19. The largest absolute Gasteiger partial charge is 0.452 e. The summed E-state index contributed by atoms with van der Waals surface area (Å²) in [4.78, 5) is 24.2. The second kappa shape index (κ2) is 9.69. The molecule has 154 valence electrons. The lowest BCUT2D eigenvalue weighted by Crippen LogP contribution is -2.20. The summed E-state index contributed by atoms with van der Waals surface area (Å²) in [6.07, 6.45) is 3.79. The standard InChI is InChI=1S/C24H25N3O3/c1-4-19-10-8-9-13-22(19)25-23(28)16-30-24(29)15-14-21-17(2)26-27(18(21)3)20-11-6-5-7-12-20/h5-15H,4,16H2,1-3H3,(H,25,28)/b15-14+. The van der Waals surface area contributed by atoms with Crippen LogP contribution in [0.4, 0.5) is 5.69 Å². The van der Waals surface area contributed by atoms with Crippen LogP contribution in [0.2, 0.25) is 0 Å². The number of ether oxygens (including phenoxy) is 1. The molecule has 6 heteroatoms. The lowest BCUT2D eigenvalue weighted by atomic mass is 10.1. The van der Waals surface area contributed by atoms with E-state index in [0.29, 0.717) is 0 Å². The molecule has 3 rings (SSSR count). The van der Waals surface area contributed by atoms with Crippen molar-refractivity contribution in [3.63, 3.8) is 0 Å². The molecular formula is C24H25N3O3. The second-order valence-electron chi connectivity index (χ2n) is 6.83. The predicted octanol–water partition coefficient (Wildman–Crippen LogP) is 4.25. The third-order valence-corrected chi connectivity index (χ3v) is 4.75. The number of hydrogen-bond acceptors (Lipinski definition) is 4. The van der Waals surface area contributed by atoms with Crippen LogP contribution in [-0.4, -0.2) is 28.3 Å². The summed E-state index contributed by atoms with van der Waals surface area (Å²) in [5, 5.41) is 7.32. The molecule has 1 amide bonds. The van der Waals surface area contributed by atoms with Crippen LogP contribution in [0.15, 0.2) is 60.7 Å². The van der Waals surface area contributed by atoms with Crippen LogP contribution in [0.1, 0.15) is 29.4 Å². The number of para-hydroxylation sites is 2. The van der Waals surface area contributed by atoms with Crippen molar-refractivity contribution < 1.29 is 14.3 Å². The van der Waals surface area contributed by atoms with Crippen molar-refractivity contribution in [3.8, 4) is 5.69 Å². The monoisotopic (exact) mass is 403 g/mol. The summed E-state index contributed by atoms with van der Waals surface area (Å²) < 4.78 is 6.91. The van der Waals surface area contributed by atoms with Crippen molar-refractivity contribution in [2.75, 3.05) is 11.9 Å². The van der Waals surface area contributed by atoms with Crippen molar-refractivity contribution in [2.24, 2.45) is 0 Å². The lowest BCUT2D eigenvalue weighted by Gasteiger charge is -2.09. The topological polar surface area (TPSA) is 73.2 Å². The molecule has 0 bridgehead atoms. The van der Waals surface area contributed by atoms with Crippen LogP contribution in [0, 0.1) is 13.8 Å². The summed E-state index contributed by atoms with van der Waals surface area (Å²) in [6, 6.07) is 17.3. The third kappa shape index (κ3) is 5.03. The predicted molar refractivity (Wildman–Crippen MR) is 117 cm³/mol. The molecule has 6 nitrogen and oxygen atoms in total. The third-order valence-electron chi connectivity index (χ3n) is 4.75. The van der Waals surface area contributed by atoms with Gasteiger partial charge in [-0.2, -0.15) is 5.10 Å². The minimum Gasteiger partial charge on any atom is -0.452 e. The Kier molecular flexibility index (Phi) is 6.80. The summed E-state index contributed by atoms with van der Waals surface area (Å²) in [5.41, 5.74) is 5.27. The van der Waals surface area contributed by atoms with E-state index in [-0.39, 0.29) is 12.5 Å². The SMILES string of the molecule is CCc1ccccc1NC(=O)COC(=O)/C=C/c1c(C)nn(-c2ccccc2)c1C. The summed E-state index contributed by atoms with van der Waals surface area (Å²) in [6.45, 7) is 5.49. The molecule has 0 aliphatic rings. The Balaban J connectivity index is 1.60. The Labute approximate surface area is 176 Å². The Hall–Kier alpha value is -3.67. The van der Waals surface area contributed by atoms with Gasteiger partial charge in [0, 0.05) is 23.0 Å². The molecule has 0 atom stereocenters. The van der Waals surface area contributed by atoms with Crippen molar-refractivity contribution >= 4 is 23.6 Å². The normalized spacial score (nSPS) is 10.9. The van der Waals surface area contributed by atoms with Gasteiger partial charge in [0.05, 0.1) is 11.4 Å². The quantitative estimate of drug-likeness (QED) is 0.473. The number of hydrogen-bond donors (Lipinski definition) is 1. The number of rotatable bonds is 7. The molecule has 2 aromatic carbocycles. The molecular weight excluding hydrogens is 378 g/mol. The van der Waals surface area contributed by atoms with Crippen LogP contribution >= 0.6 is 0 Å². The van der Waals surface area contributed by atoms with Crippen molar-refractivity contribution in [1.82, 2.24) is 9.78 Å². The minimum absolute atomic E-state index is 0.345. The molecule has 1 heterocycles. The lowest BCUT2D eigenvalue weighted by molar-refractivity contribution is -0.142. The van der Waals surface area contributed by atoms with Gasteiger partial charge in [0.2, 0.25) is 0 Å². The van der Waals surface area contributed by atoms with E-state index in [9.17, 15) is 9.59 Å². The molecule has 0 aliphatic heterocycles. The van der Waals surface area contributed by atoms with Gasteiger partial charge in [-0.05, 0) is 50.1 Å². The first kappa shape index (κ1) is 21.0. The van der Waals surface area contributed by atoms with Gasteiger partial charge in [-0.15, -0.1) is 0 Å². The highest BCUT2D eigenvalue weighted by Gasteiger charge is 2.12. The van der Waals surface area contributed by atoms with E-state index >= 15 is 0 Å². The molecule has 0 spiro atoms. The Bertz CT molecular complexity index is 1070. The molecule has 0 aliphatic carbocycles.